The van der Waals surface area contributed by atoms with Crippen LogP contribution in [0.15, 0.2) is 0 Å². The van der Waals surface area contributed by atoms with Gasteiger partial charge in [-0.2, -0.15) is 0 Å². The zero-order valence-electron chi connectivity index (χ0n) is 10.2. The highest BCUT2D eigenvalue weighted by Gasteiger charge is 2.22. The van der Waals surface area contributed by atoms with Crippen molar-refractivity contribution in [3.63, 3.8) is 0 Å². The number of hydrogen-bond donors (Lipinski definition) is 1. The lowest BCUT2D eigenvalue weighted by atomic mass is 10.1. The lowest BCUT2D eigenvalue weighted by molar-refractivity contribution is 0.0966. The van der Waals surface area contributed by atoms with Crippen LogP contribution in [0.2, 0.25) is 0 Å². The molecule has 0 radical (unpaired) electrons. The highest BCUT2D eigenvalue weighted by atomic mass is 32.2. The Bertz CT molecular complexity index is 284. The molecule has 4 nitrogen and oxygen atoms in total. The average molecular weight is 249 g/mol. The summed E-state index contributed by atoms with van der Waals surface area (Å²) in [6.07, 6.45) is 5.54. The fraction of sp³-hybridized carbons (Fsp3) is 1.00. The summed E-state index contributed by atoms with van der Waals surface area (Å²) in [6.45, 7) is 3.77. The maximum atomic E-state index is 11.3. The fourth-order valence-corrected chi connectivity index (χ4v) is 3.06. The van der Waals surface area contributed by atoms with Crippen molar-refractivity contribution in [2.45, 2.75) is 44.8 Å². The molecule has 0 aliphatic carbocycles. The van der Waals surface area contributed by atoms with Crippen LogP contribution in [0.3, 0.4) is 0 Å². The molecule has 1 saturated heterocycles. The van der Waals surface area contributed by atoms with Crippen molar-refractivity contribution in [2.75, 3.05) is 25.2 Å². The van der Waals surface area contributed by atoms with Crippen LogP contribution < -0.4 is 5.32 Å². The van der Waals surface area contributed by atoms with E-state index in [9.17, 15) is 8.42 Å². The third-order valence-electron chi connectivity index (χ3n) is 2.76. The molecule has 0 bridgehead atoms. The second-order valence-corrected chi connectivity index (χ2v) is 6.80. The first-order valence-corrected chi connectivity index (χ1v) is 8.10. The van der Waals surface area contributed by atoms with E-state index in [1.165, 1.54) is 6.26 Å². The summed E-state index contributed by atoms with van der Waals surface area (Å²) < 4.78 is 28.1. The van der Waals surface area contributed by atoms with Crippen LogP contribution in [-0.4, -0.2) is 45.7 Å². The van der Waals surface area contributed by atoms with Crippen LogP contribution in [-0.2, 0) is 14.6 Å². The zero-order valence-corrected chi connectivity index (χ0v) is 11.1. The van der Waals surface area contributed by atoms with E-state index in [-0.39, 0.29) is 17.9 Å². The molecule has 1 fully saturated rings. The van der Waals surface area contributed by atoms with Gasteiger partial charge in [-0.1, -0.05) is 6.92 Å². The van der Waals surface area contributed by atoms with Crippen molar-refractivity contribution < 1.29 is 13.2 Å². The van der Waals surface area contributed by atoms with Crippen LogP contribution in [0.1, 0.15) is 32.6 Å². The first-order valence-electron chi connectivity index (χ1n) is 6.04. The van der Waals surface area contributed by atoms with Crippen molar-refractivity contribution >= 4 is 9.84 Å². The summed E-state index contributed by atoms with van der Waals surface area (Å²) in [4.78, 5) is 0. The molecule has 0 aromatic carbocycles. The van der Waals surface area contributed by atoms with Crippen molar-refractivity contribution in [2.24, 2.45) is 0 Å². The first-order chi connectivity index (χ1) is 7.51. The molecule has 1 aliphatic rings. The second kappa shape index (κ2) is 6.57. The van der Waals surface area contributed by atoms with Crippen LogP contribution >= 0.6 is 0 Å². The Morgan fingerprint density at radius 3 is 2.75 bits per heavy atom. The van der Waals surface area contributed by atoms with Crippen LogP contribution in [0.5, 0.6) is 0 Å². The molecule has 0 aromatic heterocycles. The van der Waals surface area contributed by atoms with E-state index in [2.05, 4.69) is 12.2 Å². The summed E-state index contributed by atoms with van der Waals surface area (Å²) in [6, 6.07) is 0.0399. The summed E-state index contributed by atoms with van der Waals surface area (Å²) in [7, 11) is -2.91. The number of sulfone groups is 1. The van der Waals surface area contributed by atoms with Crippen LogP contribution in [0, 0.1) is 0 Å². The molecular formula is C11H23NO3S. The Balaban J connectivity index is 2.42. The summed E-state index contributed by atoms with van der Waals surface area (Å²) in [5, 5.41) is 3.29. The maximum Gasteiger partial charge on any atom is 0.148 e. The van der Waals surface area contributed by atoms with Gasteiger partial charge in [0, 0.05) is 18.9 Å². The largest absolute Gasteiger partial charge is 0.378 e. The van der Waals surface area contributed by atoms with Crippen molar-refractivity contribution in [3.8, 4) is 0 Å². The Morgan fingerprint density at radius 2 is 2.25 bits per heavy atom. The van der Waals surface area contributed by atoms with Crippen molar-refractivity contribution in [3.05, 3.63) is 0 Å². The quantitative estimate of drug-likeness (QED) is 0.730. The molecule has 1 heterocycles. The van der Waals surface area contributed by atoms with E-state index in [0.29, 0.717) is 0 Å². The van der Waals surface area contributed by atoms with Gasteiger partial charge in [0.1, 0.15) is 9.84 Å². The topological polar surface area (TPSA) is 55.4 Å². The van der Waals surface area contributed by atoms with Gasteiger partial charge >= 0.3 is 0 Å². The highest BCUT2D eigenvalue weighted by Crippen LogP contribution is 2.17. The molecule has 5 heteroatoms. The Labute approximate surface area is 98.7 Å². The molecule has 1 aliphatic heterocycles. The Hall–Kier alpha value is -0.130. The molecule has 1 N–H and O–H groups in total. The SMILES string of the molecule is CCCNC(CC1CCCO1)CS(C)(=O)=O. The molecular weight excluding hydrogens is 226 g/mol. The average Bonchev–Trinajstić information content (AvgIpc) is 2.64. The minimum Gasteiger partial charge on any atom is -0.378 e. The third kappa shape index (κ3) is 5.82. The Morgan fingerprint density at radius 1 is 1.50 bits per heavy atom. The van der Waals surface area contributed by atoms with Crippen LogP contribution in [0.25, 0.3) is 0 Å². The predicted octanol–water partition coefficient (Wildman–Crippen LogP) is 0.968. The van der Waals surface area contributed by atoms with Gasteiger partial charge in [0.05, 0.1) is 11.9 Å². The highest BCUT2D eigenvalue weighted by molar-refractivity contribution is 7.90. The Kier molecular flexibility index (Phi) is 5.72. The van der Waals surface area contributed by atoms with Gasteiger partial charge in [-0.3, -0.25) is 0 Å². The molecule has 0 aromatic rings. The number of nitrogens with one attached hydrogen (secondary N) is 1. The van der Waals surface area contributed by atoms with E-state index in [4.69, 9.17) is 4.74 Å². The third-order valence-corrected chi connectivity index (χ3v) is 3.77. The molecule has 2 unspecified atom stereocenters. The molecule has 0 spiro atoms. The van der Waals surface area contributed by atoms with Gasteiger partial charge in [-0.05, 0) is 32.2 Å². The fourth-order valence-electron chi connectivity index (χ4n) is 2.07. The number of hydrogen-bond acceptors (Lipinski definition) is 4. The van der Waals surface area contributed by atoms with Gasteiger partial charge < -0.3 is 10.1 Å². The van der Waals surface area contributed by atoms with Crippen molar-refractivity contribution in [1.82, 2.24) is 5.32 Å². The second-order valence-electron chi connectivity index (χ2n) is 4.61. The van der Waals surface area contributed by atoms with Crippen LogP contribution in [0.4, 0.5) is 0 Å². The minimum absolute atomic E-state index is 0.0399. The normalized spacial score (nSPS) is 23.5. The lowest BCUT2D eigenvalue weighted by Gasteiger charge is -2.20. The minimum atomic E-state index is -2.91. The summed E-state index contributed by atoms with van der Waals surface area (Å²) >= 11 is 0. The molecule has 96 valence electrons. The zero-order chi connectivity index (χ0) is 12.0. The number of ether oxygens (including phenoxy) is 1. The van der Waals surface area contributed by atoms with E-state index in [0.717, 1.165) is 38.8 Å². The first kappa shape index (κ1) is 13.9. The van der Waals surface area contributed by atoms with E-state index < -0.39 is 9.84 Å². The molecule has 0 amide bonds. The van der Waals surface area contributed by atoms with E-state index >= 15 is 0 Å². The summed E-state index contributed by atoms with van der Waals surface area (Å²) in [5.74, 6) is 0.215. The van der Waals surface area contributed by atoms with E-state index in [1.807, 2.05) is 0 Å². The van der Waals surface area contributed by atoms with Crippen molar-refractivity contribution in [1.29, 1.82) is 0 Å². The maximum absolute atomic E-state index is 11.3. The van der Waals surface area contributed by atoms with E-state index in [1.54, 1.807) is 0 Å². The van der Waals surface area contributed by atoms with Gasteiger partial charge in [0.25, 0.3) is 0 Å². The van der Waals surface area contributed by atoms with Gasteiger partial charge in [-0.25, -0.2) is 8.42 Å². The predicted molar refractivity (Wildman–Crippen MR) is 65.4 cm³/mol. The van der Waals surface area contributed by atoms with Gasteiger partial charge in [0.2, 0.25) is 0 Å². The molecule has 2 atom stereocenters. The summed E-state index contributed by atoms with van der Waals surface area (Å²) in [5.41, 5.74) is 0. The van der Waals surface area contributed by atoms with Gasteiger partial charge in [0.15, 0.2) is 0 Å². The molecule has 0 saturated carbocycles. The molecule has 1 rings (SSSR count). The van der Waals surface area contributed by atoms with Gasteiger partial charge in [-0.15, -0.1) is 0 Å². The standard InChI is InChI=1S/C11H23NO3S/c1-3-6-12-10(9-16(2,13)14)8-11-5-4-7-15-11/h10-12H,3-9H2,1-2H3. The monoisotopic (exact) mass is 249 g/mol. The smallest absolute Gasteiger partial charge is 0.148 e. The number of rotatable bonds is 7. The molecule has 16 heavy (non-hydrogen) atoms. The lowest BCUT2D eigenvalue weighted by Crippen LogP contribution is -2.38.